The standard InChI is InChI=1S/C21H17ClFN3O2S3/c1-25(9-12-14(22)5-3-6-15(12)23)17(27)11-31-21-24-19-18(20(28)26(21)2)13(10-30-19)16-7-4-8-29-16/h3-8,10H,9,11H2,1-2H3. The molecule has 0 N–H and O–H groups in total. The fourth-order valence-corrected chi connectivity index (χ4v) is 5.98. The van der Waals surface area contributed by atoms with Crippen molar-refractivity contribution in [2.24, 2.45) is 7.05 Å². The van der Waals surface area contributed by atoms with E-state index in [0.29, 0.717) is 15.4 Å². The van der Waals surface area contributed by atoms with Crippen LogP contribution in [-0.2, 0) is 18.4 Å². The maximum absolute atomic E-state index is 14.0. The van der Waals surface area contributed by atoms with Crippen LogP contribution >= 0.6 is 46.0 Å². The summed E-state index contributed by atoms with van der Waals surface area (Å²) in [6.07, 6.45) is 0. The highest BCUT2D eigenvalue weighted by atomic mass is 35.5. The number of nitrogens with zero attached hydrogens (tertiary/aromatic N) is 3. The summed E-state index contributed by atoms with van der Waals surface area (Å²) in [5.74, 6) is -0.602. The van der Waals surface area contributed by atoms with Gasteiger partial charge in [-0.1, -0.05) is 35.5 Å². The molecule has 10 heteroatoms. The molecule has 0 aliphatic heterocycles. The smallest absolute Gasteiger partial charge is 0.263 e. The Balaban J connectivity index is 1.52. The molecule has 0 radical (unpaired) electrons. The third-order valence-corrected chi connectivity index (χ3v) is 7.91. The van der Waals surface area contributed by atoms with Crippen LogP contribution < -0.4 is 5.56 Å². The Hall–Kier alpha value is -2.20. The van der Waals surface area contributed by atoms with E-state index in [0.717, 1.165) is 10.4 Å². The lowest BCUT2D eigenvalue weighted by Crippen LogP contribution is -2.29. The zero-order chi connectivity index (χ0) is 22.1. The monoisotopic (exact) mass is 493 g/mol. The van der Waals surface area contributed by atoms with Gasteiger partial charge in [0.1, 0.15) is 10.6 Å². The first-order chi connectivity index (χ1) is 14.9. The van der Waals surface area contributed by atoms with Crippen molar-refractivity contribution in [3.05, 3.63) is 67.8 Å². The van der Waals surface area contributed by atoms with Crippen molar-refractivity contribution < 1.29 is 9.18 Å². The Labute approximate surface area is 195 Å². The van der Waals surface area contributed by atoms with E-state index in [1.165, 1.54) is 44.7 Å². The van der Waals surface area contributed by atoms with E-state index in [2.05, 4.69) is 4.98 Å². The number of thiophene rings is 2. The van der Waals surface area contributed by atoms with Gasteiger partial charge in [0.05, 0.1) is 11.1 Å². The predicted octanol–water partition coefficient (Wildman–Crippen LogP) is 5.27. The third kappa shape index (κ3) is 4.41. The molecule has 0 unspecified atom stereocenters. The van der Waals surface area contributed by atoms with Crippen LogP contribution in [0.2, 0.25) is 5.02 Å². The number of aromatic nitrogens is 2. The summed E-state index contributed by atoms with van der Waals surface area (Å²) in [4.78, 5) is 33.3. The first-order valence-corrected chi connectivity index (χ1v) is 12.3. The van der Waals surface area contributed by atoms with Gasteiger partial charge in [-0.05, 0) is 23.6 Å². The van der Waals surface area contributed by atoms with E-state index in [1.807, 2.05) is 22.9 Å². The second-order valence-electron chi connectivity index (χ2n) is 6.80. The average molecular weight is 494 g/mol. The molecule has 0 fully saturated rings. The molecule has 0 aliphatic carbocycles. The molecular weight excluding hydrogens is 477 g/mol. The molecule has 3 aromatic heterocycles. The van der Waals surface area contributed by atoms with Gasteiger partial charge in [0, 0.05) is 47.0 Å². The molecule has 4 rings (SSSR count). The van der Waals surface area contributed by atoms with Gasteiger partial charge < -0.3 is 4.90 Å². The van der Waals surface area contributed by atoms with Crippen molar-refractivity contribution in [3.63, 3.8) is 0 Å². The fourth-order valence-electron chi connectivity index (χ4n) is 3.04. The molecule has 31 heavy (non-hydrogen) atoms. The van der Waals surface area contributed by atoms with Gasteiger partial charge in [-0.3, -0.25) is 14.2 Å². The van der Waals surface area contributed by atoms with Crippen LogP contribution in [0.1, 0.15) is 5.56 Å². The molecular formula is C21H17ClFN3O2S3. The van der Waals surface area contributed by atoms with Gasteiger partial charge in [-0.25, -0.2) is 9.37 Å². The minimum absolute atomic E-state index is 0.0609. The van der Waals surface area contributed by atoms with Gasteiger partial charge in [0.2, 0.25) is 5.91 Å². The molecule has 0 aliphatic rings. The minimum Gasteiger partial charge on any atom is -0.341 e. The maximum Gasteiger partial charge on any atom is 0.263 e. The second-order valence-corrected chi connectivity index (χ2v) is 9.96. The number of benzene rings is 1. The molecule has 0 atom stereocenters. The van der Waals surface area contributed by atoms with Crippen molar-refractivity contribution in [2.75, 3.05) is 12.8 Å². The van der Waals surface area contributed by atoms with Gasteiger partial charge >= 0.3 is 0 Å². The fraction of sp³-hybridized carbons (Fsp3) is 0.190. The van der Waals surface area contributed by atoms with Crippen LogP contribution in [-0.4, -0.2) is 33.2 Å². The Bertz CT molecular complexity index is 1300. The quantitative estimate of drug-likeness (QED) is 0.271. The van der Waals surface area contributed by atoms with Gasteiger partial charge in [-0.15, -0.1) is 22.7 Å². The number of carbonyl (C=O) groups excluding carboxylic acids is 1. The highest BCUT2D eigenvalue weighted by Crippen LogP contribution is 2.34. The summed E-state index contributed by atoms with van der Waals surface area (Å²) in [7, 11) is 3.24. The normalized spacial score (nSPS) is 11.2. The molecule has 1 aromatic carbocycles. The summed E-state index contributed by atoms with van der Waals surface area (Å²) < 4.78 is 15.5. The van der Waals surface area contributed by atoms with Crippen molar-refractivity contribution in [3.8, 4) is 10.4 Å². The highest BCUT2D eigenvalue weighted by molar-refractivity contribution is 7.99. The Kier molecular flexibility index (Phi) is 6.47. The number of fused-ring (bicyclic) bond motifs is 1. The molecule has 5 nitrogen and oxygen atoms in total. The molecule has 3 heterocycles. The molecule has 0 bridgehead atoms. The van der Waals surface area contributed by atoms with Crippen LogP contribution in [0.5, 0.6) is 0 Å². The zero-order valence-corrected chi connectivity index (χ0v) is 19.8. The number of carbonyl (C=O) groups is 1. The predicted molar refractivity (Wildman–Crippen MR) is 127 cm³/mol. The number of thioether (sulfide) groups is 1. The summed E-state index contributed by atoms with van der Waals surface area (Å²) >= 11 is 10.2. The Morgan fingerprint density at radius 3 is 2.81 bits per heavy atom. The van der Waals surface area contributed by atoms with Crippen LogP contribution in [0.15, 0.2) is 51.0 Å². The van der Waals surface area contributed by atoms with Gasteiger partial charge in [0.15, 0.2) is 5.16 Å². The first-order valence-electron chi connectivity index (χ1n) is 9.18. The van der Waals surface area contributed by atoms with E-state index in [-0.39, 0.29) is 34.4 Å². The van der Waals surface area contributed by atoms with E-state index < -0.39 is 5.82 Å². The number of hydrogen-bond acceptors (Lipinski definition) is 6. The molecule has 0 spiro atoms. The topological polar surface area (TPSA) is 55.2 Å². The third-order valence-electron chi connectivity index (χ3n) is 4.77. The van der Waals surface area contributed by atoms with E-state index in [9.17, 15) is 14.0 Å². The largest absolute Gasteiger partial charge is 0.341 e. The number of halogens is 2. The number of hydrogen-bond donors (Lipinski definition) is 0. The van der Waals surface area contributed by atoms with Crippen LogP contribution in [0, 0.1) is 5.82 Å². The molecule has 0 saturated heterocycles. The van der Waals surface area contributed by atoms with E-state index in [4.69, 9.17) is 11.6 Å². The lowest BCUT2D eigenvalue weighted by molar-refractivity contribution is -0.127. The Morgan fingerprint density at radius 2 is 2.10 bits per heavy atom. The maximum atomic E-state index is 14.0. The highest BCUT2D eigenvalue weighted by Gasteiger charge is 2.19. The first kappa shape index (κ1) is 22.0. The van der Waals surface area contributed by atoms with E-state index in [1.54, 1.807) is 31.5 Å². The van der Waals surface area contributed by atoms with Crippen molar-refractivity contribution in [1.29, 1.82) is 0 Å². The van der Waals surface area contributed by atoms with Crippen molar-refractivity contribution >= 4 is 62.2 Å². The lowest BCUT2D eigenvalue weighted by Gasteiger charge is -2.18. The second kappa shape index (κ2) is 9.12. The van der Waals surface area contributed by atoms with Crippen LogP contribution in [0.4, 0.5) is 4.39 Å². The molecule has 1 amide bonds. The summed E-state index contributed by atoms with van der Waals surface area (Å²) in [6.45, 7) is 0.0609. The van der Waals surface area contributed by atoms with Gasteiger partial charge in [-0.2, -0.15) is 0 Å². The van der Waals surface area contributed by atoms with Crippen LogP contribution in [0.25, 0.3) is 20.7 Å². The van der Waals surface area contributed by atoms with Crippen molar-refractivity contribution in [2.45, 2.75) is 11.7 Å². The van der Waals surface area contributed by atoms with E-state index >= 15 is 0 Å². The van der Waals surface area contributed by atoms with Crippen LogP contribution in [0.3, 0.4) is 0 Å². The van der Waals surface area contributed by atoms with Crippen molar-refractivity contribution in [1.82, 2.24) is 14.5 Å². The Morgan fingerprint density at radius 1 is 1.29 bits per heavy atom. The minimum atomic E-state index is -0.450. The molecule has 0 saturated carbocycles. The number of amides is 1. The molecule has 4 aromatic rings. The number of rotatable bonds is 6. The summed E-state index contributed by atoms with van der Waals surface area (Å²) in [6, 6.07) is 8.35. The summed E-state index contributed by atoms with van der Waals surface area (Å²) in [5.41, 5.74) is 1.02. The lowest BCUT2D eigenvalue weighted by atomic mass is 10.2. The SMILES string of the molecule is CN(Cc1c(F)cccc1Cl)C(=O)CSc1nc2scc(-c3cccs3)c2c(=O)n1C. The summed E-state index contributed by atoms with van der Waals surface area (Å²) in [5, 5.41) is 5.24. The average Bonchev–Trinajstić information content (AvgIpc) is 3.41. The molecule has 160 valence electrons. The van der Waals surface area contributed by atoms with Gasteiger partial charge in [0.25, 0.3) is 5.56 Å². The zero-order valence-electron chi connectivity index (χ0n) is 16.6.